The van der Waals surface area contributed by atoms with Crippen molar-refractivity contribution in [1.29, 1.82) is 0 Å². The smallest absolute Gasteiger partial charge is 0.260 e. The van der Waals surface area contributed by atoms with Crippen LogP contribution in [0.1, 0.15) is 34.6 Å². The Balaban J connectivity index is 1.72. The quantitative estimate of drug-likeness (QED) is 0.485. The van der Waals surface area contributed by atoms with Crippen LogP contribution >= 0.6 is 0 Å². The summed E-state index contributed by atoms with van der Waals surface area (Å²) in [5.74, 6) is -1.38. The summed E-state index contributed by atoms with van der Waals surface area (Å²) in [5.41, 5.74) is 6.96. The van der Waals surface area contributed by atoms with Gasteiger partial charge in [-0.3, -0.25) is 15.0 Å². The van der Waals surface area contributed by atoms with Crippen LogP contribution in [0.5, 0.6) is 5.75 Å². The van der Waals surface area contributed by atoms with Gasteiger partial charge in [0.25, 0.3) is 11.8 Å². The molecular formula is C30H28N2O3. The molecule has 2 aliphatic rings. The molecule has 0 saturated carbocycles. The van der Waals surface area contributed by atoms with Gasteiger partial charge in [-0.05, 0) is 60.7 Å². The van der Waals surface area contributed by atoms with Gasteiger partial charge in [0, 0.05) is 5.92 Å². The van der Waals surface area contributed by atoms with Gasteiger partial charge >= 0.3 is 0 Å². The highest BCUT2D eigenvalue weighted by Crippen LogP contribution is 2.57. The summed E-state index contributed by atoms with van der Waals surface area (Å²) in [4.78, 5) is 28.3. The number of nitrogens with one attached hydrogen (secondary N) is 1. The molecule has 3 atom stereocenters. The van der Waals surface area contributed by atoms with E-state index in [0.717, 1.165) is 22.3 Å². The topological polar surface area (TPSA) is 69.6 Å². The maximum atomic E-state index is 14.5. The van der Waals surface area contributed by atoms with Crippen molar-refractivity contribution in [2.75, 3.05) is 5.43 Å². The van der Waals surface area contributed by atoms with Gasteiger partial charge in [0.1, 0.15) is 5.75 Å². The lowest BCUT2D eigenvalue weighted by Crippen LogP contribution is -2.48. The van der Waals surface area contributed by atoms with Gasteiger partial charge < -0.3 is 5.11 Å². The van der Waals surface area contributed by atoms with E-state index in [4.69, 9.17) is 0 Å². The Morgan fingerprint density at radius 2 is 1.74 bits per heavy atom. The van der Waals surface area contributed by atoms with E-state index in [1.807, 2.05) is 86.7 Å². The number of hydrogen-bond acceptors (Lipinski definition) is 4. The van der Waals surface area contributed by atoms with Gasteiger partial charge in [-0.2, -0.15) is 5.01 Å². The number of phenolic OH excluding ortho intramolecular Hbond substituents is 1. The number of allylic oxidation sites excluding steroid dienone is 3. The van der Waals surface area contributed by atoms with E-state index in [2.05, 4.69) is 12.0 Å². The molecule has 0 bridgehead atoms. The number of amides is 2. The van der Waals surface area contributed by atoms with E-state index in [-0.39, 0.29) is 17.6 Å². The molecule has 0 aromatic heterocycles. The van der Waals surface area contributed by atoms with Crippen molar-refractivity contribution in [3.8, 4) is 5.75 Å². The van der Waals surface area contributed by atoms with Crippen LogP contribution in [0.2, 0.25) is 0 Å². The number of hydrogen-bond donors (Lipinski definition) is 2. The summed E-state index contributed by atoms with van der Waals surface area (Å²) < 4.78 is 0. The number of fused-ring (bicyclic) bond motifs is 1. The second-order valence-electron chi connectivity index (χ2n) is 9.37. The molecule has 1 aliphatic carbocycles. The molecule has 5 nitrogen and oxygen atoms in total. The molecule has 1 aliphatic heterocycles. The maximum Gasteiger partial charge on any atom is 0.260 e. The number of aromatic hydroxyl groups is 1. The van der Waals surface area contributed by atoms with Crippen LogP contribution < -0.4 is 5.43 Å². The summed E-state index contributed by atoms with van der Waals surface area (Å²) >= 11 is 0. The van der Waals surface area contributed by atoms with Gasteiger partial charge in [-0.25, -0.2) is 0 Å². The number of carbonyl (C=O) groups is 2. The van der Waals surface area contributed by atoms with Gasteiger partial charge in [-0.15, -0.1) is 0 Å². The molecule has 0 radical (unpaired) electrons. The van der Waals surface area contributed by atoms with Crippen LogP contribution in [-0.2, 0) is 15.0 Å². The molecule has 0 spiro atoms. The second kappa shape index (κ2) is 8.58. The third kappa shape index (κ3) is 3.46. The van der Waals surface area contributed by atoms with Crippen LogP contribution in [0, 0.1) is 19.8 Å². The Bertz CT molecular complexity index is 1340. The zero-order chi connectivity index (χ0) is 24.7. The largest absolute Gasteiger partial charge is 0.508 e. The molecule has 1 fully saturated rings. The number of phenols is 1. The van der Waals surface area contributed by atoms with Crippen LogP contribution in [0.15, 0.2) is 97.1 Å². The average molecular weight is 465 g/mol. The summed E-state index contributed by atoms with van der Waals surface area (Å²) in [6.07, 6.45) is 4.23. The number of nitrogens with zero attached hydrogens (tertiary/aromatic N) is 1. The Morgan fingerprint density at radius 1 is 1.03 bits per heavy atom. The van der Waals surface area contributed by atoms with Crippen molar-refractivity contribution >= 4 is 17.5 Å². The molecule has 5 rings (SSSR count). The predicted molar refractivity (Wildman–Crippen MR) is 137 cm³/mol. The number of aryl methyl sites for hydroxylation is 2. The third-order valence-electron chi connectivity index (χ3n) is 7.34. The van der Waals surface area contributed by atoms with E-state index in [1.165, 1.54) is 5.01 Å². The monoisotopic (exact) mass is 464 g/mol. The number of hydrazine groups is 1. The highest BCUT2D eigenvalue weighted by Gasteiger charge is 2.65. The number of imide groups is 1. The van der Waals surface area contributed by atoms with Crippen molar-refractivity contribution in [3.63, 3.8) is 0 Å². The number of benzene rings is 3. The van der Waals surface area contributed by atoms with Gasteiger partial charge in [-0.1, -0.05) is 78.9 Å². The molecule has 35 heavy (non-hydrogen) atoms. The fraction of sp³-hybridized carbons (Fsp3) is 0.200. The first-order valence-corrected chi connectivity index (χ1v) is 11.8. The highest BCUT2D eigenvalue weighted by atomic mass is 16.3. The minimum absolute atomic E-state index is 0.190. The molecule has 1 heterocycles. The van der Waals surface area contributed by atoms with Crippen LogP contribution in [0.25, 0.3) is 0 Å². The first kappa shape index (κ1) is 22.7. The zero-order valence-corrected chi connectivity index (χ0v) is 19.9. The molecule has 176 valence electrons. The van der Waals surface area contributed by atoms with Crippen molar-refractivity contribution in [2.45, 2.75) is 31.6 Å². The fourth-order valence-corrected chi connectivity index (χ4v) is 5.61. The highest BCUT2D eigenvalue weighted by molar-refractivity contribution is 6.12. The molecule has 2 amide bonds. The summed E-state index contributed by atoms with van der Waals surface area (Å²) in [5, 5.41) is 11.4. The normalized spacial score (nSPS) is 23.6. The van der Waals surface area contributed by atoms with Crippen LogP contribution in [0.3, 0.4) is 0 Å². The van der Waals surface area contributed by atoms with Crippen molar-refractivity contribution < 1.29 is 14.7 Å². The Morgan fingerprint density at radius 3 is 2.40 bits per heavy atom. The number of carbonyl (C=O) groups excluding carboxylic acids is 2. The fourth-order valence-electron chi connectivity index (χ4n) is 5.61. The summed E-state index contributed by atoms with van der Waals surface area (Å²) in [7, 11) is 0. The lowest BCUT2D eigenvalue weighted by atomic mass is 9.56. The minimum atomic E-state index is -1.16. The lowest BCUT2D eigenvalue weighted by Gasteiger charge is -2.43. The van der Waals surface area contributed by atoms with E-state index < -0.39 is 17.3 Å². The van der Waals surface area contributed by atoms with E-state index in [0.29, 0.717) is 17.7 Å². The molecule has 3 aromatic carbocycles. The Labute approximate surface area is 205 Å². The van der Waals surface area contributed by atoms with Gasteiger partial charge in [0.15, 0.2) is 0 Å². The second-order valence-corrected chi connectivity index (χ2v) is 9.37. The molecule has 2 N–H and O–H groups in total. The van der Waals surface area contributed by atoms with Crippen molar-refractivity contribution in [2.24, 2.45) is 5.92 Å². The van der Waals surface area contributed by atoms with E-state index in [1.54, 1.807) is 12.1 Å². The zero-order valence-electron chi connectivity index (χ0n) is 19.9. The van der Waals surface area contributed by atoms with Crippen molar-refractivity contribution in [3.05, 3.63) is 119 Å². The standard InChI is InChI=1S/C30H28N2O3/c1-4-21-12-16-25-28(34)32(31-24-14-10-19(2)11-15-24)29(35)30(25,23-8-6-5-7-9-23)27(21)22-13-17-26(33)20(3)18-22/h4-15,17-18,25,27,31,33H,1,16H2,2-3H3/t25-,27+,30+/m0/s1. The first-order valence-electron chi connectivity index (χ1n) is 11.8. The summed E-state index contributed by atoms with van der Waals surface area (Å²) in [6, 6.07) is 22.6. The Kier molecular flexibility index (Phi) is 5.56. The van der Waals surface area contributed by atoms with E-state index in [9.17, 15) is 14.7 Å². The lowest BCUT2D eigenvalue weighted by molar-refractivity contribution is -0.138. The molecule has 5 heteroatoms. The van der Waals surface area contributed by atoms with Crippen LogP contribution in [-0.4, -0.2) is 21.9 Å². The minimum Gasteiger partial charge on any atom is -0.508 e. The first-order chi connectivity index (χ1) is 16.9. The number of anilines is 1. The average Bonchev–Trinajstić information content (AvgIpc) is 3.09. The van der Waals surface area contributed by atoms with E-state index >= 15 is 0 Å². The predicted octanol–water partition coefficient (Wildman–Crippen LogP) is 5.56. The molecular weight excluding hydrogens is 436 g/mol. The van der Waals surface area contributed by atoms with Gasteiger partial charge in [0.05, 0.1) is 17.0 Å². The van der Waals surface area contributed by atoms with Crippen molar-refractivity contribution in [1.82, 2.24) is 5.01 Å². The SMILES string of the molecule is C=CC1=CC[C@H]2C(=O)N(Nc3ccc(C)cc3)C(=O)[C@@]2(c2ccccc2)[C@H]1c1ccc(O)c(C)c1. The molecule has 3 aromatic rings. The molecule has 1 saturated heterocycles. The van der Waals surface area contributed by atoms with Crippen LogP contribution in [0.4, 0.5) is 5.69 Å². The Hall–Kier alpha value is -4.12. The third-order valence-corrected chi connectivity index (χ3v) is 7.34. The number of rotatable bonds is 5. The van der Waals surface area contributed by atoms with Gasteiger partial charge in [0.2, 0.25) is 0 Å². The summed E-state index contributed by atoms with van der Waals surface area (Å²) in [6.45, 7) is 7.85. The maximum absolute atomic E-state index is 14.5. The molecule has 0 unspecified atom stereocenters.